The van der Waals surface area contributed by atoms with Gasteiger partial charge in [0.15, 0.2) is 0 Å². The fourth-order valence-corrected chi connectivity index (χ4v) is 2.77. The average molecular weight is 299 g/mol. The zero-order valence-corrected chi connectivity index (χ0v) is 13.1. The summed E-state index contributed by atoms with van der Waals surface area (Å²) in [6.45, 7) is 6.19. The summed E-state index contributed by atoms with van der Waals surface area (Å²) >= 11 is 0. The van der Waals surface area contributed by atoms with Gasteiger partial charge in [-0.2, -0.15) is 9.61 Å². The van der Waals surface area contributed by atoms with Crippen molar-refractivity contribution in [1.29, 1.82) is 0 Å². The Labute approximate surface area is 127 Å². The van der Waals surface area contributed by atoms with E-state index in [1.54, 1.807) is 24.4 Å². The molecule has 0 radical (unpaired) electrons. The molecule has 2 aromatic heterocycles. The first kappa shape index (κ1) is 14.5. The number of aryl methyl sites for hydroxylation is 1. The third-order valence-corrected chi connectivity index (χ3v) is 3.82. The van der Waals surface area contributed by atoms with Gasteiger partial charge in [-0.05, 0) is 17.7 Å². The Bertz CT molecular complexity index is 899. The van der Waals surface area contributed by atoms with Crippen molar-refractivity contribution >= 4 is 5.65 Å². The van der Waals surface area contributed by atoms with Gasteiger partial charge in [-0.1, -0.05) is 32.9 Å². The van der Waals surface area contributed by atoms with E-state index in [4.69, 9.17) is 0 Å². The highest BCUT2D eigenvalue weighted by Gasteiger charge is 2.21. The number of nitrogens with zero attached hydrogens (tertiary/aromatic N) is 3. The second-order valence-corrected chi connectivity index (χ2v) is 6.48. The number of fused-ring (bicyclic) bond motifs is 1. The summed E-state index contributed by atoms with van der Waals surface area (Å²) in [7, 11) is 1.92. The Balaban J connectivity index is 2.36. The molecule has 22 heavy (non-hydrogen) atoms. The predicted molar refractivity (Wildman–Crippen MR) is 84.5 cm³/mol. The molecule has 0 fully saturated rings. The number of hydrogen-bond acceptors (Lipinski definition) is 2. The van der Waals surface area contributed by atoms with Crippen LogP contribution in [-0.4, -0.2) is 14.2 Å². The molecule has 0 amide bonds. The van der Waals surface area contributed by atoms with Crippen LogP contribution >= 0.6 is 0 Å². The van der Waals surface area contributed by atoms with Crippen LogP contribution in [0.4, 0.5) is 4.39 Å². The lowest BCUT2D eigenvalue weighted by molar-refractivity contribution is 0.535. The Morgan fingerprint density at radius 2 is 1.77 bits per heavy atom. The molecule has 0 saturated carbocycles. The first-order chi connectivity index (χ1) is 10.3. The molecular formula is C17H18FN3O. The second kappa shape index (κ2) is 4.80. The molecule has 0 unspecified atom stereocenters. The highest BCUT2D eigenvalue weighted by atomic mass is 19.1. The smallest absolute Gasteiger partial charge is 0.274 e. The lowest BCUT2D eigenvalue weighted by Crippen LogP contribution is -2.26. The van der Waals surface area contributed by atoms with E-state index in [1.165, 1.54) is 16.6 Å². The van der Waals surface area contributed by atoms with E-state index in [0.717, 1.165) is 16.8 Å². The standard InChI is InChI=1S/C17H18FN3O/c1-17(2,3)14-9-15(22)21-16(20(14)4)13(10-19-21)11-5-7-12(18)8-6-11/h5-10H,1-4H3. The molecule has 0 aliphatic heterocycles. The van der Waals surface area contributed by atoms with Crippen molar-refractivity contribution in [2.24, 2.45) is 7.05 Å². The minimum atomic E-state index is -0.288. The van der Waals surface area contributed by atoms with Crippen molar-refractivity contribution in [2.75, 3.05) is 0 Å². The highest BCUT2D eigenvalue weighted by Crippen LogP contribution is 2.27. The Morgan fingerprint density at radius 1 is 1.14 bits per heavy atom. The number of hydrogen-bond donors (Lipinski definition) is 0. The zero-order chi connectivity index (χ0) is 16.1. The molecule has 0 bridgehead atoms. The largest absolute Gasteiger partial charge is 0.332 e. The molecule has 0 aliphatic carbocycles. The Hall–Kier alpha value is -2.43. The third-order valence-electron chi connectivity index (χ3n) is 3.82. The van der Waals surface area contributed by atoms with Gasteiger partial charge in [0, 0.05) is 29.8 Å². The molecule has 0 N–H and O–H groups in total. The lowest BCUT2D eigenvalue weighted by Gasteiger charge is -2.23. The molecule has 0 atom stereocenters. The first-order valence-electron chi connectivity index (χ1n) is 7.13. The summed E-state index contributed by atoms with van der Waals surface area (Å²) in [5.74, 6) is -0.288. The van der Waals surface area contributed by atoms with Crippen molar-refractivity contribution in [1.82, 2.24) is 14.2 Å². The first-order valence-corrected chi connectivity index (χ1v) is 7.13. The fourth-order valence-electron chi connectivity index (χ4n) is 2.77. The predicted octanol–water partition coefficient (Wildman–Crippen LogP) is 3.14. The van der Waals surface area contributed by atoms with Crippen molar-refractivity contribution in [3.8, 4) is 11.1 Å². The van der Waals surface area contributed by atoms with Crippen LogP contribution < -0.4 is 5.56 Å². The van der Waals surface area contributed by atoms with Gasteiger partial charge in [0.2, 0.25) is 0 Å². The van der Waals surface area contributed by atoms with E-state index in [9.17, 15) is 9.18 Å². The Kier molecular flexibility index (Phi) is 3.16. The minimum Gasteiger partial charge on any atom is -0.332 e. The van der Waals surface area contributed by atoms with Crippen LogP contribution in [0.3, 0.4) is 0 Å². The normalized spacial score (nSPS) is 12.0. The third kappa shape index (κ3) is 2.22. The van der Waals surface area contributed by atoms with Crippen LogP contribution in [0.25, 0.3) is 16.8 Å². The topological polar surface area (TPSA) is 39.3 Å². The number of halogens is 1. The molecule has 2 heterocycles. The van der Waals surface area contributed by atoms with Gasteiger partial charge >= 0.3 is 0 Å². The van der Waals surface area contributed by atoms with E-state index in [1.807, 2.05) is 11.6 Å². The van der Waals surface area contributed by atoms with Crippen LogP contribution in [0.1, 0.15) is 26.5 Å². The Morgan fingerprint density at radius 3 is 2.36 bits per heavy atom. The molecule has 0 saturated heterocycles. The van der Waals surface area contributed by atoms with Crippen molar-refractivity contribution < 1.29 is 4.39 Å². The maximum atomic E-state index is 13.1. The minimum absolute atomic E-state index is 0.161. The van der Waals surface area contributed by atoms with Crippen molar-refractivity contribution in [3.05, 3.63) is 58.4 Å². The van der Waals surface area contributed by atoms with Crippen LogP contribution in [0, 0.1) is 5.82 Å². The molecule has 3 rings (SSSR count). The molecule has 114 valence electrons. The summed E-state index contributed by atoms with van der Waals surface area (Å²) < 4.78 is 16.5. The highest BCUT2D eigenvalue weighted by molar-refractivity contribution is 5.77. The fraction of sp³-hybridized carbons (Fsp3) is 0.294. The average Bonchev–Trinajstić information content (AvgIpc) is 2.88. The second-order valence-electron chi connectivity index (χ2n) is 6.48. The molecule has 0 spiro atoms. The maximum absolute atomic E-state index is 13.1. The van der Waals surface area contributed by atoms with Crippen molar-refractivity contribution in [2.45, 2.75) is 26.2 Å². The van der Waals surface area contributed by atoms with Crippen LogP contribution in [0.2, 0.25) is 0 Å². The molecule has 4 nitrogen and oxygen atoms in total. The van der Waals surface area contributed by atoms with Gasteiger partial charge < -0.3 is 4.57 Å². The van der Waals surface area contributed by atoms with Gasteiger partial charge in [0.25, 0.3) is 5.56 Å². The molecular weight excluding hydrogens is 281 g/mol. The quantitative estimate of drug-likeness (QED) is 0.692. The summed E-state index contributed by atoms with van der Waals surface area (Å²) in [5, 5.41) is 4.19. The number of benzene rings is 1. The van der Waals surface area contributed by atoms with Gasteiger partial charge in [0.1, 0.15) is 11.5 Å². The summed E-state index contributed by atoms with van der Waals surface area (Å²) in [5.41, 5.74) is 2.95. The summed E-state index contributed by atoms with van der Waals surface area (Å²) in [4.78, 5) is 12.3. The van der Waals surface area contributed by atoms with Gasteiger partial charge in [-0.25, -0.2) is 4.39 Å². The van der Waals surface area contributed by atoms with Gasteiger partial charge in [-0.15, -0.1) is 0 Å². The molecule has 0 aliphatic rings. The number of rotatable bonds is 1. The summed E-state index contributed by atoms with van der Waals surface area (Å²) in [6, 6.07) is 7.82. The van der Waals surface area contributed by atoms with Crippen molar-refractivity contribution in [3.63, 3.8) is 0 Å². The SMILES string of the molecule is Cn1c(C(C)(C)C)cc(=O)n2ncc(-c3ccc(F)cc3)c12. The van der Waals surface area contributed by atoms with E-state index >= 15 is 0 Å². The maximum Gasteiger partial charge on any atom is 0.274 e. The zero-order valence-electron chi connectivity index (χ0n) is 13.1. The van der Waals surface area contributed by atoms with E-state index in [-0.39, 0.29) is 16.8 Å². The molecule has 1 aromatic carbocycles. The van der Waals surface area contributed by atoms with Crippen LogP contribution in [0.5, 0.6) is 0 Å². The monoisotopic (exact) mass is 299 g/mol. The summed E-state index contributed by atoms with van der Waals surface area (Å²) in [6.07, 6.45) is 1.65. The van der Waals surface area contributed by atoms with Gasteiger partial charge in [0.05, 0.1) is 6.20 Å². The van der Waals surface area contributed by atoms with Gasteiger partial charge in [-0.3, -0.25) is 4.79 Å². The van der Waals surface area contributed by atoms with E-state index < -0.39 is 0 Å². The van der Waals surface area contributed by atoms with E-state index in [0.29, 0.717) is 5.65 Å². The number of aromatic nitrogens is 3. The molecule has 3 aromatic rings. The molecule has 5 heteroatoms. The van der Waals surface area contributed by atoms with E-state index in [2.05, 4.69) is 25.9 Å². The van der Waals surface area contributed by atoms with Crippen LogP contribution in [0.15, 0.2) is 41.3 Å². The van der Waals surface area contributed by atoms with Crippen LogP contribution in [-0.2, 0) is 12.5 Å². The lowest BCUT2D eigenvalue weighted by atomic mass is 9.91.